The lowest BCUT2D eigenvalue weighted by Crippen LogP contribution is -2.22. The molecule has 0 aromatic heterocycles. The van der Waals surface area contributed by atoms with Gasteiger partial charge in [0.15, 0.2) is 0 Å². The van der Waals surface area contributed by atoms with Crippen molar-refractivity contribution in [1.82, 2.24) is 0 Å². The number of carboxylic acid groups (broad SMARTS) is 1. The molecule has 0 fully saturated rings. The summed E-state index contributed by atoms with van der Waals surface area (Å²) < 4.78 is 10.1. The zero-order valence-corrected chi connectivity index (χ0v) is 8.65. The maximum Gasteiger partial charge on any atom is 0.333 e. The Kier molecular flexibility index (Phi) is 7.01. The van der Waals surface area contributed by atoms with Gasteiger partial charge >= 0.3 is 5.97 Å². The van der Waals surface area contributed by atoms with Crippen LogP contribution >= 0.6 is 0 Å². The Hall–Kier alpha value is -1.55. The third kappa shape index (κ3) is 5.70. The zero-order valence-electron chi connectivity index (χ0n) is 8.65. The van der Waals surface area contributed by atoms with E-state index in [0.29, 0.717) is 13.0 Å². The van der Waals surface area contributed by atoms with Gasteiger partial charge in [-0.25, -0.2) is 4.79 Å². The number of hydrogen-bond donors (Lipinski definition) is 1. The number of hydrogen-bond acceptors (Lipinski definition) is 3. The molecule has 0 heterocycles. The van der Waals surface area contributed by atoms with E-state index >= 15 is 0 Å². The molecule has 1 atom stereocenters. The van der Waals surface area contributed by atoms with Crippen LogP contribution in [0, 0.1) is 0 Å². The summed E-state index contributed by atoms with van der Waals surface area (Å²) in [7, 11) is 0. The Morgan fingerprint density at radius 1 is 1.40 bits per heavy atom. The summed E-state index contributed by atoms with van der Waals surface area (Å²) in [5, 5.41) is 8.72. The molecule has 0 rings (SSSR count). The number of rotatable bonds is 9. The molecule has 0 aliphatic carbocycles. The molecule has 0 saturated heterocycles. The molecule has 0 aliphatic heterocycles. The summed E-state index contributed by atoms with van der Waals surface area (Å²) in [6.45, 7) is 11.0. The Balaban J connectivity index is 4.03. The SMILES string of the molecule is C=CCC(OCCOC=C)C(=C)C(=O)O. The summed E-state index contributed by atoms with van der Waals surface area (Å²) in [5.41, 5.74) is 0.0218. The molecule has 0 bridgehead atoms. The molecular weight excluding hydrogens is 196 g/mol. The van der Waals surface area contributed by atoms with Crippen molar-refractivity contribution in [3.8, 4) is 0 Å². The van der Waals surface area contributed by atoms with E-state index in [4.69, 9.17) is 14.6 Å². The van der Waals surface area contributed by atoms with Crippen LogP contribution in [-0.4, -0.2) is 30.4 Å². The summed E-state index contributed by atoms with van der Waals surface area (Å²) in [6.07, 6.45) is 2.76. The van der Waals surface area contributed by atoms with Crippen LogP contribution in [-0.2, 0) is 14.3 Å². The van der Waals surface area contributed by atoms with Gasteiger partial charge in [-0.15, -0.1) is 6.58 Å². The van der Waals surface area contributed by atoms with E-state index in [0.717, 1.165) is 0 Å². The first kappa shape index (κ1) is 13.4. The van der Waals surface area contributed by atoms with Gasteiger partial charge in [0.2, 0.25) is 0 Å². The molecule has 1 unspecified atom stereocenters. The molecule has 0 aromatic carbocycles. The fraction of sp³-hybridized carbons (Fsp3) is 0.364. The van der Waals surface area contributed by atoms with Crippen molar-refractivity contribution in [2.75, 3.05) is 13.2 Å². The van der Waals surface area contributed by atoms with E-state index in [1.54, 1.807) is 6.08 Å². The Labute approximate surface area is 89.5 Å². The molecular formula is C11H16O4. The molecule has 4 nitrogen and oxygen atoms in total. The third-order valence-electron chi connectivity index (χ3n) is 1.68. The highest BCUT2D eigenvalue weighted by Crippen LogP contribution is 2.10. The van der Waals surface area contributed by atoms with Crippen LogP contribution < -0.4 is 0 Å². The van der Waals surface area contributed by atoms with Crippen LogP contribution in [0.1, 0.15) is 6.42 Å². The van der Waals surface area contributed by atoms with Gasteiger partial charge in [0.05, 0.1) is 24.5 Å². The molecule has 0 radical (unpaired) electrons. The van der Waals surface area contributed by atoms with Crippen LogP contribution in [0.15, 0.2) is 37.6 Å². The van der Waals surface area contributed by atoms with Crippen LogP contribution in [0.2, 0.25) is 0 Å². The van der Waals surface area contributed by atoms with Crippen LogP contribution in [0.5, 0.6) is 0 Å². The monoisotopic (exact) mass is 212 g/mol. The summed E-state index contributed by atoms with van der Waals surface area (Å²) in [4.78, 5) is 10.6. The van der Waals surface area contributed by atoms with Gasteiger partial charge in [-0.1, -0.05) is 19.2 Å². The molecule has 0 saturated carbocycles. The lowest BCUT2D eigenvalue weighted by atomic mass is 10.1. The van der Waals surface area contributed by atoms with E-state index in [9.17, 15) is 4.79 Å². The van der Waals surface area contributed by atoms with Gasteiger partial charge < -0.3 is 14.6 Å². The first-order chi connectivity index (χ1) is 7.13. The average Bonchev–Trinajstić information content (AvgIpc) is 2.21. The van der Waals surface area contributed by atoms with Crippen molar-refractivity contribution in [3.05, 3.63) is 37.6 Å². The van der Waals surface area contributed by atoms with Crippen molar-refractivity contribution >= 4 is 5.97 Å². The molecule has 15 heavy (non-hydrogen) atoms. The molecule has 4 heteroatoms. The largest absolute Gasteiger partial charge is 0.499 e. The summed E-state index contributed by atoms with van der Waals surface area (Å²) >= 11 is 0. The van der Waals surface area contributed by atoms with E-state index < -0.39 is 12.1 Å². The molecule has 0 amide bonds. The topological polar surface area (TPSA) is 55.8 Å². The fourth-order valence-corrected chi connectivity index (χ4v) is 0.922. The predicted octanol–water partition coefficient (Wildman–Crippen LogP) is 1.75. The predicted molar refractivity (Wildman–Crippen MR) is 57.5 cm³/mol. The van der Waals surface area contributed by atoms with Crippen molar-refractivity contribution in [2.45, 2.75) is 12.5 Å². The molecule has 0 spiro atoms. The highest BCUT2D eigenvalue weighted by molar-refractivity contribution is 5.86. The molecule has 0 aromatic rings. The second-order valence-electron chi connectivity index (χ2n) is 2.75. The Morgan fingerprint density at radius 2 is 2.07 bits per heavy atom. The maximum atomic E-state index is 10.6. The second-order valence-corrected chi connectivity index (χ2v) is 2.75. The van der Waals surface area contributed by atoms with Gasteiger partial charge in [0.1, 0.15) is 6.61 Å². The lowest BCUT2D eigenvalue weighted by molar-refractivity contribution is -0.134. The molecule has 0 aliphatic rings. The van der Waals surface area contributed by atoms with Gasteiger partial charge in [-0.3, -0.25) is 0 Å². The number of aliphatic carboxylic acids is 1. The van der Waals surface area contributed by atoms with E-state index in [2.05, 4.69) is 19.7 Å². The van der Waals surface area contributed by atoms with Crippen molar-refractivity contribution in [2.24, 2.45) is 0 Å². The number of carboxylic acids is 1. The van der Waals surface area contributed by atoms with Crippen LogP contribution in [0.4, 0.5) is 0 Å². The van der Waals surface area contributed by atoms with Crippen molar-refractivity contribution in [3.63, 3.8) is 0 Å². The number of ether oxygens (including phenoxy) is 2. The van der Waals surface area contributed by atoms with Gasteiger partial charge in [-0.2, -0.15) is 0 Å². The van der Waals surface area contributed by atoms with Gasteiger partial charge in [0, 0.05) is 0 Å². The smallest absolute Gasteiger partial charge is 0.333 e. The highest BCUT2D eigenvalue weighted by atomic mass is 16.5. The summed E-state index contributed by atoms with van der Waals surface area (Å²) in [6, 6.07) is 0. The Morgan fingerprint density at radius 3 is 2.53 bits per heavy atom. The normalized spacial score (nSPS) is 11.5. The first-order valence-electron chi connectivity index (χ1n) is 4.50. The van der Waals surface area contributed by atoms with Crippen molar-refractivity contribution < 1.29 is 19.4 Å². The second kappa shape index (κ2) is 7.82. The summed E-state index contributed by atoms with van der Waals surface area (Å²) in [5.74, 6) is -1.06. The van der Waals surface area contributed by atoms with E-state index in [1.165, 1.54) is 6.26 Å². The van der Waals surface area contributed by atoms with E-state index in [-0.39, 0.29) is 12.2 Å². The van der Waals surface area contributed by atoms with Gasteiger partial charge in [0.25, 0.3) is 0 Å². The molecule has 1 N–H and O–H groups in total. The molecule has 84 valence electrons. The highest BCUT2D eigenvalue weighted by Gasteiger charge is 2.17. The van der Waals surface area contributed by atoms with Crippen molar-refractivity contribution in [1.29, 1.82) is 0 Å². The van der Waals surface area contributed by atoms with E-state index in [1.807, 2.05) is 0 Å². The third-order valence-corrected chi connectivity index (χ3v) is 1.68. The average molecular weight is 212 g/mol. The number of carbonyl (C=O) groups is 1. The fourth-order valence-electron chi connectivity index (χ4n) is 0.922. The van der Waals surface area contributed by atoms with Gasteiger partial charge in [-0.05, 0) is 6.42 Å². The zero-order chi connectivity index (χ0) is 11.7. The first-order valence-corrected chi connectivity index (χ1v) is 4.50. The maximum absolute atomic E-state index is 10.6. The van der Waals surface area contributed by atoms with Crippen LogP contribution in [0.3, 0.4) is 0 Å². The lowest BCUT2D eigenvalue weighted by Gasteiger charge is -2.15. The standard InChI is InChI=1S/C11H16O4/c1-4-6-10(9(3)11(12)13)15-8-7-14-5-2/h4-5,10H,1-3,6-8H2,(H,12,13). The quantitative estimate of drug-likeness (QED) is 0.274. The van der Waals surface area contributed by atoms with Crippen LogP contribution in [0.25, 0.3) is 0 Å². The minimum Gasteiger partial charge on any atom is -0.499 e. The Bertz CT molecular complexity index is 245. The minimum absolute atomic E-state index is 0.0218. The minimum atomic E-state index is -1.06.